The van der Waals surface area contributed by atoms with E-state index >= 15 is 0 Å². The van der Waals surface area contributed by atoms with Crippen LogP contribution in [-0.4, -0.2) is 42.9 Å². The van der Waals surface area contributed by atoms with E-state index in [1.54, 1.807) is 6.07 Å². The number of carboxylic acids is 1. The maximum absolute atomic E-state index is 12.5. The molecule has 1 atom stereocenters. The summed E-state index contributed by atoms with van der Waals surface area (Å²) in [5.74, 6) is -1.15. The predicted molar refractivity (Wildman–Crippen MR) is 66.9 cm³/mol. The Hall–Kier alpha value is -2.31. The van der Waals surface area contributed by atoms with Gasteiger partial charge in [-0.1, -0.05) is 0 Å². The van der Waals surface area contributed by atoms with E-state index in [0.29, 0.717) is 24.7 Å². The van der Waals surface area contributed by atoms with Crippen LogP contribution in [0.1, 0.15) is 16.8 Å². The molecule has 0 saturated heterocycles. The molecule has 1 aliphatic heterocycles. The Morgan fingerprint density at radius 3 is 2.65 bits per heavy atom. The van der Waals surface area contributed by atoms with Gasteiger partial charge in [-0.25, -0.2) is 9.18 Å². The summed E-state index contributed by atoms with van der Waals surface area (Å²) < 4.78 is 23.3. The van der Waals surface area contributed by atoms with Gasteiger partial charge in [0.05, 0.1) is 13.2 Å². The zero-order chi connectivity index (χ0) is 14.5. The highest BCUT2D eigenvalue weighted by atomic mass is 19.1. The summed E-state index contributed by atoms with van der Waals surface area (Å²) in [5.41, 5.74) is 0.189. The van der Waals surface area contributed by atoms with E-state index in [2.05, 4.69) is 5.32 Å². The minimum Gasteiger partial charge on any atom is -0.490 e. The molecule has 0 fully saturated rings. The number of nitrogens with one attached hydrogen (secondary N) is 1. The minimum atomic E-state index is -1.56. The van der Waals surface area contributed by atoms with Crippen molar-refractivity contribution < 1.29 is 28.6 Å². The zero-order valence-corrected chi connectivity index (χ0v) is 10.6. The van der Waals surface area contributed by atoms with Crippen LogP contribution in [0.15, 0.2) is 18.2 Å². The molecular weight excluding hydrogens is 269 g/mol. The number of carboxylic acid groups (broad SMARTS) is 1. The van der Waals surface area contributed by atoms with Crippen molar-refractivity contribution in [2.75, 3.05) is 19.9 Å². The highest BCUT2D eigenvalue weighted by Gasteiger charge is 2.21. The van der Waals surface area contributed by atoms with E-state index < -0.39 is 24.6 Å². The number of hydrogen-bond acceptors (Lipinski definition) is 4. The maximum Gasteiger partial charge on any atom is 0.328 e. The third-order valence-electron chi connectivity index (χ3n) is 2.77. The van der Waals surface area contributed by atoms with Crippen LogP contribution in [0.2, 0.25) is 0 Å². The SMILES string of the molecule is O=C(NC(CF)C(=O)O)c1ccc2c(c1)OCCCO2. The molecule has 1 aliphatic rings. The van der Waals surface area contributed by atoms with E-state index in [-0.39, 0.29) is 5.56 Å². The van der Waals surface area contributed by atoms with Crippen molar-refractivity contribution >= 4 is 11.9 Å². The lowest BCUT2D eigenvalue weighted by Gasteiger charge is -2.12. The van der Waals surface area contributed by atoms with Crippen LogP contribution >= 0.6 is 0 Å². The first-order valence-electron chi connectivity index (χ1n) is 6.11. The van der Waals surface area contributed by atoms with E-state index in [1.807, 2.05) is 0 Å². The van der Waals surface area contributed by atoms with Crippen LogP contribution in [0.4, 0.5) is 4.39 Å². The fourth-order valence-electron chi connectivity index (χ4n) is 1.71. The van der Waals surface area contributed by atoms with Crippen LogP contribution < -0.4 is 14.8 Å². The van der Waals surface area contributed by atoms with Gasteiger partial charge < -0.3 is 19.9 Å². The van der Waals surface area contributed by atoms with Crippen molar-refractivity contribution in [3.63, 3.8) is 0 Å². The van der Waals surface area contributed by atoms with E-state index in [4.69, 9.17) is 14.6 Å². The summed E-state index contributed by atoms with van der Waals surface area (Å²) in [4.78, 5) is 22.5. The first kappa shape index (κ1) is 14.1. The molecule has 0 bridgehead atoms. The van der Waals surface area contributed by atoms with Gasteiger partial charge in [-0.15, -0.1) is 0 Å². The Morgan fingerprint density at radius 2 is 2.00 bits per heavy atom. The molecule has 0 aliphatic carbocycles. The third-order valence-corrected chi connectivity index (χ3v) is 2.77. The second-order valence-corrected chi connectivity index (χ2v) is 4.23. The van der Waals surface area contributed by atoms with Crippen molar-refractivity contribution in [1.82, 2.24) is 5.32 Å². The summed E-state index contributed by atoms with van der Waals surface area (Å²) in [5, 5.41) is 10.8. The fraction of sp³-hybridized carbons (Fsp3) is 0.385. The molecule has 0 aromatic heterocycles. The van der Waals surface area contributed by atoms with Crippen molar-refractivity contribution in [3.8, 4) is 11.5 Å². The van der Waals surface area contributed by atoms with Gasteiger partial charge in [0.25, 0.3) is 5.91 Å². The molecule has 0 spiro atoms. The van der Waals surface area contributed by atoms with Gasteiger partial charge in [0.1, 0.15) is 6.67 Å². The number of alkyl halides is 1. The standard InChI is InChI=1S/C13H14FNO5/c14-7-9(13(17)18)15-12(16)8-2-3-10-11(6-8)20-5-1-4-19-10/h2-3,6,9H,1,4-5,7H2,(H,15,16)(H,17,18). The van der Waals surface area contributed by atoms with E-state index in [1.165, 1.54) is 12.1 Å². The third kappa shape index (κ3) is 3.17. The first-order chi connectivity index (χ1) is 9.61. The Bertz CT molecular complexity index is 519. The first-order valence-corrected chi connectivity index (χ1v) is 6.11. The van der Waals surface area contributed by atoms with Crippen LogP contribution in [0.25, 0.3) is 0 Å². The van der Waals surface area contributed by atoms with Gasteiger partial charge in [0.2, 0.25) is 0 Å². The number of aliphatic carboxylic acids is 1. The quantitative estimate of drug-likeness (QED) is 0.861. The number of hydrogen-bond donors (Lipinski definition) is 2. The summed E-state index contributed by atoms with van der Waals surface area (Å²) in [7, 11) is 0. The normalized spacial score (nSPS) is 15.1. The average Bonchev–Trinajstić information content (AvgIpc) is 2.68. The number of fused-ring (bicyclic) bond motifs is 1. The Balaban J connectivity index is 2.14. The number of amides is 1. The molecule has 1 heterocycles. The van der Waals surface area contributed by atoms with Crippen molar-refractivity contribution in [2.45, 2.75) is 12.5 Å². The lowest BCUT2D eigenvalue weighted by Crippen LogP contribution is -2.42. The molecular formula is C13H14FNO5. The van der Waals surface area contributed by atoms with Crippen molar-refractivity contribution in [2.24, 2.45) is 0 Å². The molecule has 1 amide bonds. The van der Waals surface area contributed by atoms with Gasteiger partial charge in [-0.3, -0.25) is 4.79 Å². The maximum atomic E-state index is 12.5. The van der Waals surface area contributed by atoms with Crippen LogP contribution in [0, 0.1) is 0 Å². The summed E-state index contributed by atoms with van der Waals surface area (Å²) >= 11 is 0. The second kappa shape index (κ2) is 6.23. The Kier molecular flexibility index (Phi) is 4.39. The van der Waals surface area contributed by atoms with Crippen LogP contribution in [-0.2, 0) is 4.79 Å². The molecule has 2 N–H and O–H groups in total. The van der Waals surface area contributed by atoms with Gasteiger partial charge in [-0.05, 0) is 18.2 Å². The summed E-state index contributed by atoms with van der Waals surface area (Å²) in [6, 6.07) is 2.94. The largest absolute Gasteiger partial charge is 0.490 e. The van der Waals surface area contributed by atoms with Crippen LogP contribution in [0.5, 0.6) is 11.5 Å². The minimum absolute atomic E-state index is 0.189. The van der Waals surface area contributed by atoms with Gasteiger partial charge in [-0.2, -0.15) is 0 Å². The van der Waals surface area contributed by atoms with Gasteiger partial charge >= 0.3 is 5.97 Å². The monoisotopic (exact) mass is 283 g/mol. The topological polar surface area (TPSA) is 84.9 Å². The van der Waals surface area contributed by atoms with Gasteiger partial charge in [0.15, 0.2) is 17.5 Å². The molecule has 7 heteroatoms. The summed E-state index contributed by atoms with van der Waals surface area (Å²) in [6.45, 7) is -0.173. The molecule has 20 heavy (non-hydrogen) atoms. The molecule has 1 aromatic rings. The van der Waals surface area contributed by atoms with Crippen LogP contribution in [0.3, 0.4) is 0 Å². The molecule has 2 rings (SSSR count). The highest BCUT2D eigenvalue weighted by Crippen LogP contribution is 2.30. The molecule has 6 nitrogen and oxygen atoms in total. The number of carbonyl (C=O) groups excluding carboxylic acids is 1. The number of rotatable bonds is 4. The predicted octanol–water partition coefficient (Wildman–Crippen LogP) is 1.00. The van der Waals surface area contributed by atoms with Crippen molar-refractivity contribution in [1.29, 1.82) is 0 Å². The molecule has 0 radical (unpaired) electrons. The Morgan fingerprint density at radius 1 is 1.30 bits per heavy atom. The molecule has 1 aromatic carbocycles. The van der Waals surface area contributed by atoms with Gasteiger partial charge in [0, 0.05) is 12.0 Å². The average molecular weight is 283 g/mol. The molecule has 108 valence electrons. The lowest BCUT2D eigenvalue weighted by atomic mass is 10.1. The number of ether oxygens (including phenoxy) is 2. The zero-order valence-electron chi connectivity index (χ0n) is 10.6. The lowest BCUT2D eigenvalue weighted by molar-refractivity contribution is -0.139. The second-order valence-electron chi connectivity index (χ2n) is 4.23. The molecule has 1 unspecified atom stereocenters. The number of benzene rings is 1. The number of halogens is 1. The smallest absolute Gasteiger partial charge is 0.328 e. The number of carbonyl (C=O) groups is 2. The fourth-order valence-corrected chi connectivity index (χ4v) is 1.71. The molecule has 0 saturated carbocycles. The highest BCUT2D eigenvalue weighted by molar-refractivity contribution is 5.97. The summed E-state index contributed by atoms with van der Waals surface area (Å²) in [6.07, 6.45) is 0.735. The van der Waals surface area contributed by atoms with E-state index in [0.717, 1.165) is 6.42 Å². The Labute approximate surface area is 114 Å². The van der Waals surface area contributed by atoms with Crippen molar-refractivity contribution in [3.05, 3.63) is 23.8 Å². The van der Waals surface area contributed by atoms with E-state index in [9.17, 15) is 14.0 Å².